The van der Waals surface area contributed by atoms with E-state index in [0.717, 1.165) is 6.42 Å². The molecule has 0 saturated carbocycles. The van der Waals surface area contributed by atoms with E-state index < -0.39 is 6.04 Å². The van der Waals surface area contributed by atoms with E-state index in [0.29, 0.717) is 29.4 Å². The molecule has 2 N–H and O–H groups in total. The van der Waals surface area contributed by atoms with Crippen LogP contribution >= 0.6 is 11.6 Å². The largest absolute Gasteiger partial charge is 0.330 e. The van der Waals surface area contributed by atoms with Crippen LogP contribution in [0.25, 0.3) is 0 Å². The van der Waals surface area contributed by atoms with Gasteiger partial charge < -0.3 is 15.5 Å². The number of anilines is 2. The summed E-state index contributed by atoms with van der Waals surface area (Å²) in [5, 5.41) is 5.81. The molecule has 130 valence electrons. The average Bonchev–Trinajstić information content (AvgIpc) is 2.98. The second kappa shape index (κ2) is 7.66. The fourth-order valence-corrected chi connectivity index (χ4v) is 2.91. The molecule has 6 nitrogen and oxygen atoms in total. The van der Waals surface area contributed by atoms with Crippen molar-refractivity contribution in [1.29, 1.82) is 0 Å². The molecule has 1 aliphatic heterocycles. The van der Waals surface area contributed by atoms with Gasteiger partial charge in [-0.25, -0.2) is 0 Å². The van der Waals surface area contributed by atoms with E-state index in [1.807, 2.05) is 13.8 Å². The Bertz CT molecular complexity index is 660. The Morgan fingerprint density at radius 3 is 2.58 bits per heavy atom. The van der Waals surface area contributed by atoms with Crippen LogP contribution in [-0.4, -0.2) is 35.2 Å². The maximum Gasteiger partial charge on any atom is 0.247 e. The molecular formula is C17H22ClN3O3. The third kappa shape index (κ3) is 4.26. The molecule has 1 heterocycles. The van der Waals surface area contributed by atoms with Gasteiger partial charge in [0.2, 0.25) is 17.7 Å². The molecule has 0 radical (unpaired) electrons. The second-order valence-corrected chi connectivity index (χ2v) is 6.62. The third-order valence-corrected chi connectivity index (χ3v) is 4.21. The maximum absolute atomic E-state index is 12.5. The normalized spacial score (nSPS) is 17.0. The van der Waals surface area contributed by atoms with Crippen LogP contribution in [0.5, 0.6) is 0 Å². The van der Waals surface area contributed by atoms with Crippen molar-refractivity contribution in [2.75, 3.05) is 17.2 Å². The molecule has 0 aliphatic carbocycles. The van der Waals surface area contributed by atoms with Crippen molar-refractivity contribution in [1.82, 2.24) is 4.90 Å². The third-order valence-electron chi connectivity index (χ3n) is 3.88. The minimum atomic E-state index is -0.459. The molecule has 0 spiro atoms. The first-order valence-electron chi connectivity index (χ1n) is 7.98. The van der Waals surface area contributed by atoms with Crippen molar-refractivity contribution in [2.24, 2.45) is 5.92 Å². The van der Waals surface area contributed by atoms with Gasteiger partial charge >= 0.3 is 0 Å². The number of nitrogens with zero attached hydrogens (tertiary/aromatic N) is 1. The lowest BCUT2D eigenvalue weighted by molar-refractivity contribution is -0.139. The van der Waals surface area contributed by atoms with Gasteiger partial charge in [-0.1, -0.05) is 25.4 Å². The van der Waals surface area contributed by atoms with Crippen LogP contribution in [-0.2, 0) is 14.4 Å². The van der Waals surface area contributed by atoms with Crippen molar-refractivity contribution in [2.45, 2.75) is 39.7 Å². The fraction of sp³-hybridized carbons (Fsp3) is 0.471. The van der Waals surface area contributed by atoms with Gasteiger partial charge in [0.05, 0.1) is 10.7 Å². The summed E-state index contributed by atoms with van der Waals surface area (Å²) in [6.45, 7) is 5.64. The maximum atomic E-state index is 12.5. The van der Waals surface area contributed by atoms with Gasteiger partial charge in [0, 0.05) is 25.1 Å². The van der Waals surface area contributed by atoms with Gasteiger partial charge in [0.25, 0.3) is 0 Å². The number of carbonyl (C=O) groups excluding carboxylic acids is 3. The van der Waals surface area contributed by atoms with Crippen LogP contribution in [0.1, 0.15) is 33.6 Å². The number of hydrogen-bond donors (Lipinski definition) is 2. The predicted molar refractivity (Wildman–Crippen MR) is 94.0 cm³/mol. The standard InChI is InChI=1S/C17H22ClN3O3/c1-10(2)17(24)21-8-4-5-15(21)16(23)20-12-6-7-13(18)14(9-12)19-11(3)22/h6-7,9-10,15H,4-5,8H2,1-3H3,(H,19,22)(H,20,23). The predicted octanol–water partition coefficient (Wildman–Crippen LogP) is 2.88. The van der Waals surface area contributed by atoms with Gasteiger partial charge in [0.15, 0.2) is 0 Å². The molecule has 1 aliphatic rings. The van der Waals surface area contributed by atoms with Gasteiger partial charge in [-0.15, -0.1) is 0 Å². The molecule has 0 bridgehead atoms. The zero-order valence-electron chi connectivity index (χ0n) is 14.1. The van der Waals surface area contributed by atoms with E-state index >= 15 is 0 Å². The Hall–Kier alpha value is -2.08. The topological polar surface area (TPSA) is 78.5 Å². The highest BCUT2D eigenvalue weighted by molar-refractivity contribution is 6.33. The molecule has 1 unspecified atom stereocenters. The van der Waals surface area contributed by atoms with Crippen molar-refractivity contribution >= 4 is 40.7 Å². The fourth-order valence-electron chi connectivity index (χ4n) is 2.75. The number of benzene rings is 1. The monoisotopic (exact) mass is 351 g/mol. The van der Waals surface area contributed by atoms with E-state index in [-0.39, 0.29) is 23.6 Å². The first-order valence-corrected chi connectivity index (χ1v) is 8.36. The summed E-state index contributed by atoms with van der Waals surface area (Å²) in [5.41, 5.74) is 0.959. The second-order valence-electron chi connectivity index (χ2n) is 6.21. The Balaban J connectivity index is 2.11. The summed E-state index contributed by atoms with van der Waals surface area (Å²) >= 11 is 6.02. The van der Waals surface area contributed by atoms with Crippen LogP contribution in [0, 0.1) is 5.92 Å². The summed E-state index contributed by atoms with van der Waals surface area (Å²) in [6.07, 6.45) is 1.46. The Morgan fingerprint density at radius 2 is 1.96 bits per heavy atom. The molecule has 0 aromatic heterocycles. The molecule has 1 atom stereocenters. The zero-order valence-corrected chi connectivity index (χ0v) is 14.8. The van der Waals surface area contributed by atoms with Crippen molar-refractivity contribution in [3.63, 3.8) is 0 Å². The molecule has 3 amide bonds. The number of carbonyl (C=O) groups is 3. The summed E-state index contributed by atoms with van der Waals surface area (Å²) in [7, 11) is 0. The number of amides is 3. The summed E-state index contributed by atoms with van der Waals surface area (Å²) < 4.78 is 0. The number of nitrogens with one attached hydrogen (secondary N) is 2. The Labute approximate surface area is 146 Å². The number of rotatable bonds is 4. The van der Waals surface area contributed by atoms with Crippen LogP contribution in [0.3, 0.4) is 0 Å². The van der Waals surface area contributed by atoms with Crippen molar-refractivity contribution in [3.8, 4) is 0 Å². The van der Waals surface area contributed by atoms with Crippen molar-refractivity contribution < 1.29 is 14.4 Å². The highest BCUT2D eigenvalue weighted by Gasteiger charge is 2.34. The highest BCUT2D eigenvalue weighted by atomic mass is 35.5. The van der Waals surface area contributed by atoms with Gasteiger partial charge in [-0.3, -0.25) is 14.4 Å². The van der Waals surface area contributed by atoms with E-state index in [9.17, 15) is 14.4 Å². The summed E-state index contributed by atoms with van der Waals surface area (Å²) in [5.74, 6) is -0.620. The van der Waals surface area contributed by atoms with Gasteiger partial charge in [-0.2, -0.15) is 0 Å². The Kier molecular flexibility index (Phi) is 5.83. The Morgan fingerprint density at radius 1 is 1.25 bits per heavy atom. The summed E-state index contributed by atoms with van der Waals surface area (Å²) in [6, 6.07) is 4.41. The molecule has 1 saturated heterocycles. The minimum Gasteiger partial charge on any atom is -0.330 e. The lowest BCUT2D eigenvalue weighted by Crippen LogP contribution is -2.44. The van der Waals surface area contributed by atoms with Crippen molar-refractivity contribution in [3.05, 3.63) is 23.2 Å². The van der Waals surface area contributed by atoms with E-state index in [1.165, 1.54) is 6.92 Å². The smallest absolute Gasteiger partial charge is 0.247 e. The SMILES string of the molecule is CC(=O)Nc1cc(NC(=O)C2CCCN2C(=O)C(C)C)ccc1Cl. The zero-order chi connectivity index (χ0) is 17.9. The van der Waals surface area contributed by atoms with Crippen LogP contribution in [0.2, 0.25) is 5.02 Å². The lowest BCUT2D eigenvalue weighted by atomic mass is 10.1. The number of likely N-dealkylation sites (tertiary alicyclic amines) is 1. The molecular weight excluding hydrogens is 330 g/mol. The number of halogens is 1. The molecule has 1 fully saturated rings. The van der Waals surface area contributed by atoms with Crippen LogP contribution in [0.4, 0.5) is 11.4 Å². The first-order chi connectivity index (χ1) is 11.3. The molecule has 2 rings (SSSR count). The van der Waals surface area contributed by atoms with E-state index in [1.54, 1.807) is 23.1 Å². The molecule has 24 heavy (non-hydrogen) atoms. The summed E-state index contributed by atoms with van der Waals surface area (Å²) in [4.78, 5) is 37.6. The quantitative estimate of drug-likeness (QED) is 0.875. The van der Waals surface area contributed by atoms with E-state index in [2.05, 4.69) is 10.6 Å². The minimum absolute atomic E-state index is 0.0114. The lowest BCUT2D eigenvalue weighted by Gasteiger charge is -2.25. The van der Waals surface area contributed by atoms with Crippen LogP contribution < -0.4 is 10.6 Å². The average molecular weight is 352 g/mol. The van der Waals surface area contributed by atoms with Gasteiger partial charge in [0.1, 0.15) is 6.04 Å². The molecule has 7 heteroatoms. The molecule has 1 aromatic rings. The van der Waals surface area contributed by atoms with Gasteiger partial charge in [-0.05, 0) is 31.0 Å². The molecule has 1 aromatic carbocycles. The first kappa shape index (κ1) is 18.3. The highest BCUT2D eigenvalue weighted by Crippen LogP contribution is 2.27. The number of hydrogen-bond acceptors (Lipinski definition) is 3. The van der Waals surface area contributed by atoms with Crippen LogP contribution in [0.15, 0.2) is 18.2 Å². The van der Waals surface area contributed by atoms with E-state index in [4.69, 9.17) is 11.6 Å².